The summed E-state index contributed by atoms with van der Waals surface area (Å²) in [6.07, 6.45) is 9.59. The van der Waals surface area contributed by atoms with Crippen LogP contribution in [-0.2, 0) is 44.7 Å². The largest absolute Gasteiger partial charge is 0.471 e. The van der Waals surface area contributed by atoms with Crippen molar-refractivity contribution in [1.82, 2.24) is 40.4 Å². The topological polar surface area (TPSA) is 256 Å². The van der Waals surface area contributed by atoms with Crippen LogP contribution in [0.15, 0.2) is 36.4 Å². The Labute approximate surface area is 467 Å². The molecule has 6 aliphatic rings. The molecule has 4 amide bonds. The summed E-state index contributed by atoms with van der Waals surface area (Å²) in [6.45, 7) is 20.7. The molecular formula is C60H76N8O12. The quantitative estimate of drug-likeness (QED) is 0.157. The van der Waals surface area contributed by atoms with Gasteiger partial charge in [0, 0.05) is 31.3 Å². The van der Waals surface area contributed by atoms with Crippen molar-refractivity contribution in [3.05, 3.63) is 58.9 Å². The Bertz CT molecular complexity index is 3030. The van der Waals surface area contributed by atoms with E-state index in [0.29, 0.717) is 55.2 Å². The van der Waals surface area contributed by atoms with Gasteiger partial charge in [-0.25, -0.2) is 29.5 Å². The molecule has 10 rings (SSSR count). The van der Waals surface area contributed by atoms with Gasteiger partial charge in [-0.3, -0.25) is 9.59 Å². The molecule has 428 valence electrons. The minimum atomic E-state index is -0.706. The monoisotopic (exact) mass is 1100 g/mol. The molecule has 20 nitrogen and oxygen atoms in total. The van der Waals surface area contributed by atoms with E-state index in [9.17, 15) is 19.2 Å². The van der Waals surface area contributed by atoms with Gasteiger partial charge in [-0.15, -0.1) is 0 Å². The van der Waals surface area contributed by atoms with Gasteiger partial charge in [-0.1, -0.05) is 72.4 Å². The average Bonchev–Trinajstić information content (AvgIpc) is 4.25. The molecule has 10 atom stereocenters. The highest BCUT2D eigenvalue weighted by Gasteiger charge is 2.46. The lowest BCUT2D eigenvalue weighted by Crippen LogP contribution is -2.55. The molecule has 2 saturated heterocycles. The van der Waals surface area contributed by atoms with Crippen LogP contribution >= 0.6 is 0 Å². The molecular weight excluding hydrogens is 1020 g/mol. The molecule has 2 aromatic carbocycles. The van der Waals surface area contributed by atoms with Crippen molar-refractivity contribution in [2.45, 2.75) is 195 Å². The number of alkyl carbamates (subject to hydrolysis) is 2. The van der Waals surface area contributed by atoms with Crippen LogP contribution in [0.2, 0.25) is 0 Å². The zero-order chi connectivity index (χ0) is 58.1. The third-order valence-corrected chi connectivity index (χ3v) is 15.4. The highest BCUT2D eigenvalue weighted by Crippen LogP contribution is 2.40. The maximum Gasteiger partial charge on any atom is 0.408 e. The normalized spacial score (nSPS) is 26.9. The van der Waals surface area contributed by atoms with Gasteiger partial charge in [0.25, 0.3) is 0 Å². The second kappa shape index (κ2) is 26.2. The van der Waals surface area contributed by atoms with Gasteiger partial charge in [0.05, 0.1) is 35.2 Å². The molecule has 2 N–H and O–H groups in total. The van der Waals surface area contributed by atoms with E-state index in [4.69, 9.17) is 58.1 Å². The predicted octanol–water partition coefficient (Wildman–Crippen LogP) is 8.16. The standard InChI is InChI=1S/C29H40N4O4.C29H36N4O4.2CO2/c2*1-17-11-12-21-23(13-17)31-26-22(30-21)10-8-6-7-9-19-15-24(19)37-28(35)32-25(29(3,4)5)27(34)33-16-20(36-26)14-18(33)2;2*2-1-3/h11-13,18-20,24-25H,6-10,14-16H2,1-5H3,(H,32,35);11-13,18-20,24-25H,6-7,9,14-16H2,1-5H3,(H,32,35);;/t2*18-,19-,20-,24-,25-;;/m11../s1. The molecule has 6 heterocycles. The molecule has 0 unspecified atom stereocenters. The first kappa shape index (κ1) is 60.2. The molecule has 2 aliphatic carbocycles. The second-order valence-electron chi connectivity index (χ2n) is 24.2. The molecule has 4 bridgehead atoms. The molecule has 0 spiro atoms. The predicted molar refractivity (Wildman–Crippen MR) is 291 cm³/mol. The number of fused-ring (bicyclic) bond motifs is 10. The Morgan fingerprint density at radius 3 is 1.54 bits per heavy atom. The Kier molecular flexibility index (Phi) is 19.7. The van der Waals surface area contributed by atoms with E-state index in [1.54, 1.807) is 4.90 Å². The van der Waals surface area contributed by atoms with E-state index in [1.807, 2.05) is 104 Å². The number of rotatable bonds is 0. The lowest BCUT2D eigenvalue weighted by atomic mass is 9.85. The van der Waals surface area contributed by atoms with Gasteiger partial charge in [0.15, 0.2) is 5.69 Å². The fourth-order valence-electron chi connectivity index (χ4n) is 10.8. The second-order valence-corrected chi connectivity index (χ2v) is 24.2. The van der Waals surface area contributed by atoms with E-state index < -0.39 is 35.1 Å². The number of aromatic nitrogens is 4. The number of ether oxygens (including phenoxy) is 4. The average molecular weight is 1100 g/mol. The first-order valence-electron chi connectivity index (χ1n) is 27.9. The summed E-state index contributed by atoms with van der Waals surface area (Å²) in [7, 11) is 0. The Balaban J connectivity index is 0.000000211. The number of hydrogen-bond donors (Lipinski definition) is 2. The summed E-state index contributed by atoms with van der Waals surface area (Å²) in [5, 5.41) is 5.77. The van der Waals surface area contributed by atoms with Crippen molar-refractivity contribution in [2.75, 3.05) is 13.1 Å². The van der Waals surface area contributed by atoms with Gasteiger partial charge in [-0.2, -0.15) is 19.2 Å². The number of hydrogen-bond acceptors (Lipinski definition) is 16. The molecule has 0 radical (unpaired) electrons. The summed E-state index contributed by atoms with van der Waals surface area (Å²) in [5.41, 5.74) is 5.95. The fourth-order valence-corrected chi connectivity index (χ4v) is 10.8. The van der Waals surface area contributed by atoms with Crippen molar-refractivity contribution >= 4 is 58.4 Å². The smallest absolute Gasteiger partial charge is 0.408 e. The van der Waals surface area contributed by atoms with E-state index in [0.717, 1.165) is 103 Å². The molecule has 4 aliphatic heterocycles. The van der Waals surface area contributed by atoms with Crippen LogP contribution in [0, 0.1) is 48.4 Å². The van der Waals surface area contributed by atoms with Gasteiger partial charge in [-0.05, 0) is 137 Å². The van der Waals surface area contributed by atoms with Crippen molar-refractivity contribution < 1.29 is 57.3 Å². The molecule has 4 aromatic rings. The van der Waals surface area contributed by atoms with E-state index in [2.05, 4.69) is 28.5 Å². The lowest BCUT2D eigenvalue weighted by molar-refractivity contribution is -0.193. The fraction of sp³-hybridized carbons (Fsp3) is 0.600. The summed E-state index contributed by atoms with van der Waals surface area (Å²) < 4.78 is 24.2. The SMILES string of the molecule is Cc1ccc2nc3c(nc2c1)O[C@@H]1C[C@@H](C)N(C1)C(=O)[C@H](C(C)(C)C)NC(=O)O[C@@H]1C[C@H]1CCCC#C3.Cc1ccc2nc3c(nc2c1)O[C@@H]1C[C@@H](C)N(C1)C(=O)[C@H](C(C)(C)C)NC(=O)O[C@@H]1C[C@H]1CCCCC3.O=C=O.O=C=O. The van der Waals surface area contributed by atoms with Gasteiger partial charge in [0.2, 0.25) is 23.6 Å². The van der Waals surface area contributed by atoms with E-state index in [-0.39, 0.29) is 60.6 Å². The maximum atomic E-state index is 13.7. The molecule has 80 heavy (non-hydrogen) atoms. The van der Waals surface area contributed by atoms with Crippen molar-refractivity contribution in [1.29, 1.82) is 0 Å². The number of amides is 4. The first-order chi connectivity index (χ1) is 38.0. The number of carbonyl (C=O) groups excluding carboxylic acids is 8. The summed E-state index contributed by atoms with van der Waals surface area (Å²) in [5.74, 6) is 7.95. The number of nitrogens with one attached hydrogen (secondary N) is 2. The Morgan fingerprint density at radius 2 is 1.04 bits per heavy atom. The van der Waals surface area contributed by atoms with E-state index >= 15 is 0 Å². The number of aryl methyl sites for hydroxylation is 3. The Morgan fingerprint density at radius 1 is 0.575 bits per heavy atom. The Hall–Kier alpha value is -7.48. The zero-order valence-corrected chi connectivity index (χ0v) is 47.7. The van der Waals surface area contributed by atoms with Crippen LogP contribution in [0.1, 0.15) is 149 Å². The van der Waals surface area contributed by atoms with Crippen molar-refractivity contribution in [3.8, 4) is 23.6 Å². The van der Waals surface area contributed by atoms with Gasteiger partial charge in [0.1, 0.15) is 42.2 Å². The number of carbonyl (C=O) groups is 4. The highest BCUT2D eigenvalue weighted by molar-refractivity contribution is 5.88. The first-order valence-corrected chi connectivity index (χ1v) is 27.9. The van der Waals surface area contributed by atoms with Crippen LogP contribution < -0.4 is 20.1 Å². The minimum Gasteiger partial charge on any atom is -0.471 e. The summed E-state index contributed by atoms with van der Waals surface area (Å²) >= 11 is 0. The maximum absolute atomic E-state index is 13.7. The van der Waals surface area contributed by atoms with E-state index in [1.165, 1.54) is 0 Å². The number of benzene rings is 2. The molecule has 20 heteroatoms. The zero-order valence-electron chi connectivity index (χ0n) is 47.7. The van der Waals surface area contributed by atoms with Crippen LogP contribution in [-0.4, -0.2) is 128 Å². The van der Waals surface area contributed by atoms with Gasteiger partial charge >= 0.3 is 24.5 Å². The highest BCUT2D eigenvalue weighted by atomic mass is 16.6. The van der Waals surface area contributed by atoms with Crippen LogP contribution in [0.3, 0.4) is 0 Å². The van der Waals surface area contributed by atoms with Crippen LogP contribution in [0.4, 0.5) is 9.59 Å². The lowest BCUT2D eigenvalue weighted by Gasteiger charge is -2.34. The third kappa shape index (κ3) is 15.9. The third-order valence-electron chi connectivity index (χ3n) is 15.4. The summed E-state index contributed by atoms with van der Waals surface area (Å²) in [4.78, 5) is 108. The van der Waals surface area contributed by atoms with Crippen LogP contribution in [0.25, 0.3) is 22.1 Å². The molecule has 2 saturated carbocycles. The minimum absolute atomic E-state index is 0.0193. The number of nitrogens with zero attached hydrogens (tertiary/aromatic N) is 6. The van der Waals surface area contributed by atoms with Crippen molar-refractivity contribution in [3.63, 3.8) is 0 Å². The summed E-state index contributed by atoms with van der Waals surface area (Å²) in [6, 6.07) is 10.6. The molecule has 2 aromatic heterocycles. The van der Waals surface area contributed by atoms with Crippen molar-refractivity contribution in [2.24, 2.45) is 22.7 Å². The van der Waals surface area contributed by atoms with Crippen LogP contribution in [0.5, 0.6) is 11.8 Å². The van der Waals surface area contributed by atoms with Gasteiger partial charge < -0.3 is 39.4 Å². The molecule has 4 fully saturated rings.